The highest BCUT2D eigenvalue weighted by Gasteiger charge is 2.06. The topological polar surface area (TPSA) is 37.3 Å². The summed E-state index contributed by atoms with van der Waals surface area (Å²) < 4.78 is 0. The van der Waals surface area contributed by atoms with Gasteiger partial charge in [0, 0.05) is 5.57 Å². The van der Waals surface area contributed by atoms with E-state index in [-0.39, 0.29) is 0 Å². The van der Waals surface area contributed by atoms with Crippen molar-refractivity contribution in [2.24, 2.45) is 17.8 Å². The molecule has 1 N–H and O–H groups in total. The molecule has 0 rings (SSSR count). The number of rotatable bonds is 12. The van der Waals surface area contributed by atoms with Crippen LogP contribution < -0.4 is 0 Å². The second-order valence-corrected chi connectivity index (χ2v) is 7.24. The summed E-state index contributed by atoms with van der Waals surface area (Å²) >= 11 is 0. The van der Waals surface area contributed by atoms with Crippen LogP contribution in [0.4, 0.5) is 0 Å². The Morgan fingerprint density at radius 2 is 1.38 bits per heavy atom. The van der Waals surface area contributed by atoms with Crippen molar-refractivity contribution >= 4 is 5.97 Å². The summed E-state index contributed by atoms with van der Waals surface area (Å²) in [4.78, 5) is 10.7. The third-order valence-corrected chi connectivity index (χ3v) is 4.32. The van der Waals surface area contributed by atoms with Gasteiger partial charge in [0.15, 0.2) is 0 Å². The van der Waals surface area contributed by atoms with Gasteiger partial charge in [-0.05, 0) is 37.5 Å². The largest absolute Gasteiger partial charge is 0.478 e. The summed E-state index contributed by atoms with van der Waals surface area (Å²) in [6, 6.07) is 0. The van der Waals surface area contributed by atoms with Crippen LogP contribution in [0.1, 0.15) is 86.0 Å². The van der Waals surface area contributed by atoms with Crippen LogP contribution in [0.15, 0.2) is 11.6 Å². The van der Waals surface area contributed by atoms with E-state index in [1.54, 1.807) is 6.92 Å². The second kappa shape index (κ2) is 11.8. The first-order chi connectivity index (χ1) is 9.82. The number of carbonyl (C=O) groups is 1. The number of aliphatic carboxylic acids is 1. The molecule has 2 nitrogen and oxygen atoms in total. The van der Waals surface area contributed by atoms with E-state index in [0.29, 0.717) is 11.5 Å². The molecule has 2 atom stereocenters. The van der Waals surface area contributed by atoms with Crippen molar-refractivity contribution in [2.45, 2.75) is 86.0 Å². The van der Waals surface area contributed by atoms with Gasteiger partial charge in [0.1, 0.15) is 0 Å². The lowest BCUT2D eigenvalue weighted by Gasteiger charge is -2.14. The summed E-state index contributed by atoms with van der Waals surface area (Å²) in [6.07, 6.45) is 11.9. The zero-order valence-electron chi connectivity index (χ0n) is 14.8. The molecule has 0 aliphatic heterocycles. The van der Waals surface area contributed by atoms with Gasteiger partial charge in [-0.25, -0.2) is 4.79 Å². The summed E-state index contributed by atoms with van der Waals surface area (Å²) in [7, 11) is 0. The van der Waals surface area contributed by atoms with E-state index in [9.17, 15) is 4.79 Å². The fourth-order valence-electron chi connectivity index (χ4n) is 2.65. The van der Waals surface area contributed by atoms with Gasteiger partial charge in [-0.15, -0.1) is 0 Å². The third kappa shape index (κ3) is 12.6. The van der Waals surface area contributed by atoms with Gasteiger partial charge in [0.05, 0.1) is 0 Å². The summed E-state index contributed by atoms with van der Waals surface area (Å²) in [5.74, 6) is 1.59. The molecule has 0 radical (unpaired) electrons. The minimum atomic E-state index is -0.794. The molecule has 0 aromatic carbocycles. The van der Waals surface area contributed by atoms with Crippen LogP contribution in [-0.2, 0) is 4.79 Å². The predicted molar refractivity (Wildman–Crippen MR) is 91.5 cm³/mol. The van der Waals surface area contributed by atoms with Crippen molar-refractivity contribution in [2.75, 3.05) is 0 Å². The van der Waals surface area contributed by atoms with Crippen molar-refractivity contribution < 1.29 is 9.90 Å². The highest BCUT2D eigenvalue weighted by molar-refractivity contribution is 5.85. The zero-order chi connectivity index (χ0) is 16.3. The molecule has 0 aromatic rings. The fraction of sp³-hybridized carbons (Fsp3) is 0.842. The highest BCUT2D eigenvalue weighted by Crippen LogP contribution is 2.21. The predicted octanol–water partition coefficient (Wildman–Crippen LogP) is 6.07. The molecule has 0 spiro atoms. The number of hydrogen-bond donors (Lipinski definition) is 1. The molecule has 0 saturated carbocycles. The molecule has 0 amide bonds. The normalized spacial score (nSPS) is 15.2. The van der Waals surface area contributed by atoms with Gasteiger partial charge in [-0.1, -0.05) is 72.3 Å². The fourth-order valence-corrected chi connectivity index (χ4v) is 2.65. The molecule has 21 heavy (non-hydrogen) atoms. The van der Waals surface area contributed by atoms with Crippen molar-refractivity contribution in [1.82, 2.24) is 0 Å². The Labute approximate surface area is 132 Å². The van der Waals surface area contributed by atoms with Gasteiger partial charge in [-0.2, -0.15) is 0 Å². The van der Waals surface area contributed by atoms with Crippen LogP contribution in [-0.4, -0.2) is 11.1 Å². The Morgan fingerprint density at radius 3 is 1.86 bits per heavy atom. The third-order valence-electron chi connectivity index (χ3n) is 4.32. The zero-order valence-corrected chi connectivity index (χ0v) is 14.8. The first kappa shape index (κ1) is 20.2. The summed E-state index contributed by atoms with van der Waals surface area (Å²) in [6.45, 7) is 10.9. The maximum absolute atomic E-state index is 10.7. The first-order valence-electron chi connectivity index (χ1n) is 8.73. The molecular weight excluding hydrogens is 260 g/mol. The Balaban J connectivity index is 3.63. The quantitative estimate of drug-likeness (QED) is 0.444. The minimum absolute atomic E-state index is 0.473. The monoisotopic (exact) mass is 296 g/mol. The smallest absolute Gasteiger partial charge is 0.330 e. The van der Waals surface area contributed by atoms with Crippen LogP contribution in [0.3, 0.4) is 0 Å². The summed E-state index contributed by atoms with van der Waals surface area (Å²) in [5.41, 5.74) is 0.473. The molecule has 0 aliphatic carbocycles. The van der Waals surface area contributed by atoms with E-state index in [0.717, 1.165) is 24.7 Å². The molecule has 0 bridgehead atoms. The SMILES string of the molecule is C/C(=C\CCC(C)CCCC(C)CCCC(C)C)C(=O)O. The molecule has 2 heteroatoms. The van der Waals surface area contributed by atoms with Crippen LogP contribution >= 0.6 is 0 Å². The maximum atomic E-state index is 10.7. The van der Waals surface area contributed by atoms with E-state index in [2.05, 4.69) is 27.7 Å². The highest BCUT2D eigenvalue weighted by atomic mass is 16.4. The Morgan fingerprint density at radius 1 is 0.905 bits per heavy atom. The van der Waals surface area contributed by atoms with E-state index >= 15 is 0 Å². The lowest BCUT2D eigenvalue weighted by atomic mass is 9.92. The van der Waals surface area contributed by atoms with E-state index in [1.807, 2.05) is 6.08 Å². The molecule has 0 fully saturated rings. The van der Waals surface area contributed by atoms with E-state index < -0.39 is 5.97 Å². The molecule has 124 valence electrons. The van der Waals surface area contributed by atoms with Crippen LogP contribution in [0, 0.1) is 17.8 Å². The summed E-state index contributed by atoms with van der Waals surface area (Å²) in [5, 5.41) is 8.79. The Kier molecular flexibility index (Phi) is 11.4. The molecule has 0 heterocycles. The number of carboxylic acid groups (broad SMARTS) is 1. The van der Waals surface area contributed by atoms with E-state index in [4.69, 9.17) is 5.11 Å². The molecule has 2 unspecified atom stereocenters. The Bertz CT molecular complexity index is 305. The maximum Gasteiger partial charge on any atom is 0.330 e. The minimum Gasteiger partial charge on any atom is -0.478 e. The molecule has 0 aromatic heterocycles. The standard InChI is InChI=1S/C19H36O2/c1-15(2)9-6-10-16(3)11-7-12-17(4)13-8-14-18(5)19(20)21/h14-17H,6-13H2,1-5H3,(H,20,21)/b18-14+. The molecule has 0 saturated heterocycles. The van der Waals surface area contributed by atoms with Crippen molar-refractivity contribution in [1.29, 1.82) is 0 Å². The van der Waals surface area contributed by atoms with Crippen molar-refractivity contribution in [3.8, 4) is 0 Å². The van der Waals surface area contributed by atoms with Gasteiger partial charge in [-0.3, -0.25) is 0 Å². The lowest BCUT2D eigenvalue weighted by molar-refractivity contribution is -0.132. The average molecular weight is 296 g/mol. The number of hydrogen-bond acceptors (Lipinski definition) is 1. The molecular formula is C19H36O2. The second-order valence-electron chi connectivity index (χ2n) is 7.24. The van der Waals surface area contributed by atoms with Crippen LogP contribution in [0.5, 0.6) is 0 Å². The van der Waals surface area contributed by atoms with Crippen LogP contribution in [0.2, 0.25) is 0 Å². The number of carboxylic acids is 1. The Hall–Kier alpha value is -0.790. The van der Waals surface area contributed by atoms with Gasteiger partial charge in [0.2, 0.25) is 0 Å². The van der Waals surface area contributed by atoms with Crippen molar-refractivity contribution in [3.63, 3.8) is 0 Å². The van der Waals surface area contributed by atoms with Gasteiger partial charge >= 0.3 is 5.97 Å². The molecule has 0 aliphatic rings. The first-order valence-corrected chi connectivity index (χ1v) is 8.73. The van der Waals surface area contributed by atoms with E-state index in [1.165, 1.54) is 38.5 Å². The van der Waals surface area contributed by atoms with Gasteiger partial charge in [0.25, 0.3) is 0 Å². The average Bonchev–Trinajstić information content (AvgIpc) is 2.37. The van der Waals surface area contributed by atoms with Crippen LogP contribution in [0.25, 0.3) is 0 Å². The lowest BCUT2D eigenvalue weighted by Crippen LogP contribution is -2.00. The van der Waals surface area contributed by atoms with Gasteiger partial charge < -0.3 is 5.11 Å². The number of allylic oxidation sites excluding steroid dienone is 1. The van der Waals surface area contributed by atoms with Crippen molar-refractivity contribution in [3.05, 3.63) is 11.6 Å².